The smallest absolute Gasteiger partial charge is 0.536 e. The molecule has 20 heavy (non-hydrogen) atoms. The number of carboxylic acid groups (broad SMARTS) is 1. The number of carbonyl (C=O) groups is 1. The molecule has 0 saturated heterocycles. The number of rotatable bonds is 7. The van der Waals surface area contributed by atoms with Crippen molar-refractivity contribution in [1.29, 1.82) is 0 Å². The van der Waals surface area contributed by atoms with Crippen LogP contribution in [-0.2, 0) is 24.5 Å². The third-order valence-corrected chi connectivity index (χ3v) is 5.49. The molecule has 1 aromatic carbocycles. The molecule has 0 bridgehead atoms. The molecule has 1 aromatic rings. The van der Waals surface area contributed by atoms with Crippen molar-refractivity contribution in [2.24, 2.45) is 0 Å². The molecule has 0 saturated carbocycles. The first kappa shape index (κ1) is 16.2. The molecule has 7 nitrogen and oxygen atoms in total. The number of carbonyl (C=O) groups excluding carboxylic acids is 1. The fourth-order valence-electron chi connectivity index (χ4n) is 1.77. The lowest BCUT2D eigenvalue weighted by molar-refractivity contribution is -0.297. The van der Waals surface area contributed by atoms with Gasteiger partial charge in [-0.25, -0.2) is 0 Å². The van der Waals surface area contributed by atoms with Crippen LogP contribution >= 0.6 is 0 Å². The van der Waals surface area contributed by atoms with Crippen molar-refractivity contribution >= 4 is 25.7 Å². The molecule has 0 unspecified atom stereocenters. The van der Waals surface area contributed by atoms with Crippen LogP contribution in [0.5, 0.6) is 0 Å². The average molecular weight is 295 g/mol. The van der Waals surface area contributed by atoms with Crippen LogP contribution in [-0.4, -0.2) is 46.6 Å². The highest BCUT2D eigenvalue weighted by atomic mass is 28.4. The zero-order valence-corrected chi connectivity index (χ0v) is 12.5. The third-order valence-electron chi connectivity index (χ3n) is 2.84. The van der Waals surface area contributed by atoms with E-state index in [0.29, 0.717) is 5.56 Å². The molecule has 0 aromatic heterocycles. The number of hydrogen-bond donors (Lipinski definition) is 0. The summed E-state index contributed by atoms with van der Waals surface area (Å²) in [5.74, 6) is -1.51. The van der Waals surface area contributed by atoms with Crippen molar-refractivity contribution in [1.82, 2.24) is 0 Å². The lowest BCUT2D eigenvalue weighted by Crippen LogP contribution is -2.54. The van der Waals surface area contributed by atoms with E-state index in [4.69, 9.17) is 18.8 Å². The number of carboxylic acids is 1. The maximum absolute atomic E-state index is 10.6. The van der Waals surface area contributed by atoms with E-state index in [-0.39, 0.29) is 6.42 Å². The maximum Gasteiger partial charge on any atom is 0.536 e. The van der Waals surface area contributed by atoms with Crippen molar-refractivity contribution in [3.63, 3.8) is 0 Å². The predicted molar refractivity (Wildman–Crippen MR) is 70.2 cm³/mol. The molecule has 0 atom stereocenters. The van der Waals surface area contributed by atoms with Gasteiger partial charge in [-0.2, -0.15) is 4.79 Å². The van der Waals surface area contributed by atoms with Gasteiger partial charge in [-0.05, 0) is 5.56 Å². The molecule has 0 aliphatic rings. The lowest BCUT2D eigenvalue weighted by atomic mass is 10.1. The molecule has 1 rings (SSSR count). The summed E-state index contributed by atoms with van der Waals surface area (Å²) in [4.78, 5) is 13.3. The van der Waals surface area contributed by atoms with Crippen LogP contribution < -0.4 is 10.3 Å². The summed E-state index contributed by atoms with van der Waals surface area (Å²) in [6.45, 7) is 0. The second-order valence-corrected chi connectivity index (χ2v) is 6.79. The van der Waals surface area contributed by atoms with Gasteiger partial charge in [0.1, 0.15) is 0 Å². The number of aliphatic carboxylic acids is 1. The second-order valence-electron chi connectivity index (χ2n) is 3.88. The van der Waals surface area contributed by atoms with Crippen molar-refractivity contribution in [2.75, 3.05) is 21.3 Å². The van der Waals surface area contributed by atoms with Gasteiger partial charge in [0.15, 0.2) is 5.97 Å². The second kappa shape index (κ2) is 7.08. The third kappa shape index (κ3) is 3.38. The Kier molecular flexibility index (Phi) is 5.75. The molecule has 0 spiro atoms. The lowest BCUT2D eigenvalue weighted by Gasteiger charge is -2.24. The fraction of sp³-hybridized carbons (Fsp3) is 0.333. The summed E-state index contributed by atoms with van der Waals surface area (Å²) in [6, 6.07) is 6.81. The average Bonchev–Trinajstić information content (AvgIpc) is 2.48. The normalized spacial score (nSPS) is 10.9. The van der Waals surface area contributed by atoms with Gasteiger partial charge in [0.25, 0.3) is 0 Å². The van der Waals surface area contributed by atoms with Gasteiger partial charge < -0.3 is 28.7 Å². The van der Waals surface area contributed by atoms with E-state index in [1.165, 1.54) is 21.3 Å². The molecule has 0 fully saturated rings. The first-order valence-corrected chi connectivity index (χ1v) is 7.42. The quantitative estimate of drug-likeness (QED) is 0.270. The summed E-state index contributed by atoms with van der Waals surface area (Å²) >= 11 is 0. The van der Waals surface area contributed by atoms with Crippen LogP contribution in [0.3, 0.4) is 0 Å². The van der Waals surface area contributed by atoms with Gasteiger partial charge in [-0.3, -0.25) is 0 Å². The topological polar surface area (TPSA) is 104 Å². The molecule has 108 valence electrons. The Bertz CT molecular complexity index is 513. The Labute approximate surface area is 117 Å². The zero-order valence-electron chi connectivity index (χ0n) is 11.5. The minimum absolute atomic E-state index is 0.0411. The zero-order chi connectivity index (χ0) is 15.2. The Hall–Kier alpha value is -1.83. The van der Waals surface area contributed by atoms with Crippen LogP contribution in [0.15, 0.2) is 24.3 Å². The van der Waals surface area contributed by atoms with E-state index in [1.807, 2.05) is 0 Å². The molecular weight excluding hydrogens is 280 g/mol. The molecule has 0 aliphatic heterocycles. The highest BCUT2D eigenvalue weighted by molar-refractivity contribution is 6.75. The van der Waals surface area contributed by atoms with Crippen LogP contribution in [0.4, 0.5) is 0 Å². The largest absolute Gasteiger partial charge is 0.539 e. The highest BCUT2D eigenvalue weighted by Crippen LogP contribution is 2.08. The van der Waals surface area contributed by atoms with Gasteiger partial charge in [0.05, 0.1) is 6.42 Å². The van der Waals surface area contributed by atoms with Gasteiger partial charge >= 0.3 is 14.5 Å². The van der Waals surface area contributed by atoms with Crippen LogP contribution in [0.25, 0.3) is 5.53 Å². The van der Waals surface area contributed by atoms with Crippen molar-refractivity contribution in [3.05, 3.63) is 35.4 Å². The summed E-state index contributed by atoms with van der Waals surface area (Å²) < 4.78 is 16.0. The first-order valence-electron chi connectivity index (χ1n) is 5.70. The fourth-order valence-corrected chi connectivity index (χ4v) is 3.55. The van der Waals surface area contributed by atoms with E-state index in [1.54, 1.807) is 24.3 Å². The Morgan fingerprint density at radius 3 is 2.05 bits per heavy atom. The Morgan fingerprint density at radius 1 is 1.20 bits per heavy atom. The summed E-state index contributed by atoms with van der Waals surface area (Å²) in [5, 5.41) is 11.4. The number of benzene rings is 1. The van der Waals surface area contributed by atoms with E-state index in [9.17, 15) is 9.90 Å². The van der Waals surface area contributed by atoms with Gasteiger partial charge in [0.2, 0.25) is 0 Å². The van der Waals surface area contributed by atoms with Crippen molar-refractivity contribution in [2.45, 2.75) is 6.42 Å². The van der Waals surface area contributed by atoms with Gasteiger partial charge in [-0.1, -0.05) is 24.3 Å². The predicted octanol–water partition coefficient (Wildman–Crippen LogP) is -1.27. The molecule has 0 heterocycles. The minimum atomic E-state index is -2.89. The number of nitrogens with zero attached hydrogens (tertiary/aromatic N) is 2. The van der Waals surface area contributed by atoms with Gasteiger partial charge in [0, 0.05) is 26.5 Å². The molecular formula is C12H15N2O5Si-. The van der Waals surface area contributed by atoms with Crippen LogP contribution in [0.2, 0.25) is 0 Å². The van der Waals surface area contributed by atoms with Crippen molar-refractivity contribution in [3.8, 4) is 0 Å². The SMILES string of the molecule is CO[Si](OC)(OC)c1ccc(CC(=[N+]=[N-])C(=O)[O-])cc1. The Balaban J connectivity index is 2.99. The molecule has 0 radical (unpaired) electrons. The highest BCUT2D eigenvalue weighted by Gasteiger charge is 2.40. The molecule has 8 heteroatoms. The standard InChI is InChI=1S/C12H16N2O5Si/c1-17-20(18-2,19-3)10-6-4-9(5-7-10)8-11(14-13)12(15)16/h4-7H,8H2,1-3H3,(H,15,16)/p-1. The first-order chi connectivity index (χ1) is 9.52. The number of hydrogen-bond acceptors (Lipinski definition) is 5. The minimum Gasteiger partial charge on any atom is -0.539 e. The van der Waals surface area contributed by atoms with E-state index in [0.717, 1.165) is 5.19 Å². The van der Waals surface area contributed by atoms with Crippen molar-refractivity contribution < 1.29 is 28.0 Å². The van der Waals surface area contributed by atoms with Crippen LogP contribution in [0, 0.1) is 0 Å². The molecule has 0 aliphatic carbocycles. The summed E-state index contributed by atoms with van der Waals surface area (Å²) in [7, 11) is 1.60. The van der Waals surface area contributed by atoms with Crippen LogP contribution in [0.1, 0.15) is 5.56 Å². The molecule has 0 amide bonds. The maximum atomic E-state index is 10.6. The van der Waals surface area contributed by atoms with E-state index >= 15 is 0 Å². The summed E-state index contributed by atoms with van der Waals surface area (Å²) in [5.41, 5.74) is 8.78. The monoisotopic (exact) mass is 295 g/mol. The van der Waals surface area contributed by atoms with E-state index < -0.39 is 20.5 Å². The molecule has 0 N–H and O–H groups in total. The summed E-state index contributed by atoms with van der Waals surface area (Å²) in [6.07, 6.45) is -0.0411. The van der Waals surface area contributed by atoms with E-state index in [2.05, 4.69) is 4.79 Å². The Morgan fingerprint density at radius 2 is 1.70 bits per heavy atom. The van der Waals surface area contributed by atoms with Gasteiger partial charge in [-0.15, -0.1) is 0 Å².